The third kappa shape index (κ3) is 5.00. The van der Waals surface area contributed by atoms with E-state index < -0.39 is 0 Å². The number of benzene rings is 1. The molecule has 0 aromatic heterocycles. The predicted octanol–water partition coefficient (Wildman–Crippen LogP) is 1.87. The predicted molar refractivity (Wildman–Crippen MR) is 89.5 cm³/mol. The van der Waals surface area contributed by atoms with Gasteiger partial charge in [0.15, 0.2) is 0 Å². The Balaban J connectivity index is 2.00. The van der Waals surface area contributed by atoms with Gasteiger partial charge in [-0.2, -0.15) is 0 Å². The van der Waals surface area contributed by atoms with Crippen LogP contribution in [0.3, 0.4) is 0 Å². The van der Waals surface area contributed by atoms with Crippen LogP contribution in [0, 0.1) is 12.8 Å². The molecule has 0 spiro atoms. The molecule has 1 fully saturated rings. The third-order valence-corrected chi connectivity index (χ3v) is 3.90. The summed E-state index contributed by atoms with van der Waals surface area (Å²) in [5.74, 6) is 0.948. The zero-order chi connectivity index (χ0) is 15.9. The SMILES string of the molecule is Cc1ccc(NC(=O)C2CCNCC2)c(OCCN(C)C)c1. The number of rotatable bonds is 6. The highest BCUT2D eigenvalue weighted by atomic mass is 16.5. The van der Waals surface area contributed by atoms with Crippen LogP contribution in [0.5, 0.6) is 5.75 Å². The van der Waals surface area contributed by atoms with E-state index in [1.807, 2.05) is 39.2 Å². The zero-order valence-corrected chi connectivity index (χ0v) is 13.8. The van der Waals surface area contributed by atoms with Gasteiger partial charge in [-0.05, 0) is 64.6 Å². The number of likely N-dealkylation sites (N-methyl/N-ethyl adjacent to an activating group) is 1. The number of hydrogen-bond donors (Lipinski definition) is 2. The maximum absolute atomic E-state index is 12.4. The van der Waals surface area contributed by atoms with Crippen LogP contribution in [-0.2, 0) is 4.79 Å². The van der Waals surface area contributed by atoms with Gasteiger partial charge in [0.2, 0.25) is 5.91 Å². The highest BCUT2D eigenvalue weighted by Gasteiger charge is 2.21. The van der Waals surface area contributed by atoms with Gasteiger partial charge in [0.1, 0.15) is 12.4 Å². The minimum atomic E-state index is 0.0946. The molecule has 2 rings (SSSR count). The van der Waals surface area contributed by atoms with Crippen molar-refractivity contribution in [3.8, 4) is 5.75 Å². The Bertz CT molecular complexity index is 497. The molecule has 0 bridgehead atoms. The van der Waals surface area contributed by atoms with Crippen molar-refractivity contribution in [2.75, 3.05) is 45.7 Å². The fourth-order valence-electron chi connectivity index (χ4n) is 2.51. The molecule has 5 heteroatoms. The summed E-state index contributed by atoms with van der Waals surface area (Å²) in [6.07, 6.45) is 1.79. The van der Waals surface area contributed by atoms with Crippen molar-refractivity contribution in [3.63, 3.8) is 0 Å². The van der Waals surface area contributed by atoms with Crippen LogP contribution in [0.1, 0.15) is 18.4 Å². The number of carbonyl (C=O) groups is 1. The molecule has 1 saturated heterocycles. The number of amides is 1. The summed E-state index contributed by atoms with van der Waals surface area (Å²) in [6, 6.07) is 5.91. The molecule has 0 atom stereocenters. The van der Waals surface area contributed by atoms with E-state index in [1.165, 1.54) is 0 Å². The lowest BCUT2D eigenvalue weighted by Crippen LogP contribution is -2.34. The maximum atomic E-state index is 12.4. The maximum Gasteiger partial charge on any atom is 0.227 e. The smallest absolute Gasteiger partial charge is 0.227 e. The van der Waals surface area contributed by atoms with E-state index in [-0.39, 0.29) is 11.8 Å². The summed E-state index contributed by atoms with van der Waals surface area (Å²) in [5.41, 5.74) is 1.90. The largest absolute Gasteiger partial charge is 0.490 e. The lowest BCUT2D eigenvalue weighted by Gasteiger charge is -2.22. The molecule has 1 aromatic rings. The van der Waals surface area contributed by atoms with Gasteiger partial charge in [-0.25, -0.2) is 0 Å². The molecule has 0 unspecified atom stereocenters. The minimum absolute atomic E-state index is 0.0946. The molecule has 1 aromatic carbocycles. The Morgan fingerprint density at radius 1 is 1.36 bits per heavy atom. The molecule has 0 aliphatic carbocycles. The molecule has 5 nitrogen and oxygen atoms in total. The zero-order valence-electron chi connectivity index (χ0n) is 13.8. The van der Waals surface area contributed by atoms with Gasteiger partial charge in [-0.1, -0.05) is 6.07 Å². The average molecular weight is 305 g/mol. The van der Waals surface area contributed by atoms with Crippen LogP contribution in [0.4, 0.5) is 5.69 Å². The van der Waals surface area contributed by atoms with E-state index in [2.05, 4.69) is 15.5 Å². The second-order valence-corrected chi connectivity index (χ2v) is 6.16. The first-order chi connectivity index (χ1) is 10.6. The molecule has 122 valence electrons. The number of anilines is 1. The van der Waals surface area contributed by atoms with Gasteiger partial charge in [0, 0.05) is 12.5 Å². The topological polar surface area (TPSA) is 53.6 Å². The van der Waals surface area contributed by atoms with Gasteiger partial charge >= 0.3 is 0 Å². The Kier molecular flexibility index (Phi) is 6.21. The van der Waals surface area contributed by atoms with Crippen molar-refractivity contribution < 1.29 is 9.53 Å². The molecule has 1 amide bonds. The molecule has 1 heterocycles. The summed E-state index contributed by atoms with van der Waals surface area (Å²) >= 11 is 0. The second-order valence-electron chi connectivity index (χ2n) is 6.16. The second kappa shape index (κ2) is 8.15. The normalized spacial score (nSPS) is 15.8. The molecule has 2 N–H and O–H groups in total. The number of aryl methyl sites for hydroxylation is 1. The first-order valence-electron chi connectivity index (χ1n) is 7.96. The van der Waals surface area contributed by atoms with Crippen molar-refractivity contribution in [2.45, 2.75) is 19.8 Å². The van der Waals surface area contributed by atoms with Crippen LogP contribution in [0.15, 0.2) is 18.2 Å². The third-order valence-electron chi connectivity index (χ3n) is 3.90. The quantitative estimate of drug-likeness (QED) is 0.842. The molecular weight excluding hydrogens is 278 g/mol. The fourth-order valence-corrected chi connectivity index (χ4v) is 2.51. The summed E-state index contributed by atoms with van der Waals surface area (Å²) in [4.78, 5) is 14.5. The van der Waals surface area contributed by atoms with Crippen molar-refractivity contribution >= 4 is 11.6 Å². The van der Waals surface area contributed by atoms with E-state index in [4.69, 9.17) is 4.74 Å². The Hall–Kier alpha value is -1.59. The van der Waals surface area contributed by atoms with Gasteiger partial charge in [0.05, 0.1) is 5.69 Å². The van der Waals surface area contributed by atoms with E-state index in [9.17, 15) is 4.79 Å². The standard InChI is InChI=1S/C17H27N3O2/c1-13-4-5-15(16(12-13)22-11-10-20(2)3)19-17(21)14-6-8-18-9-7-14/h4-5,12,14,18H,6-11H2,1-3H3,(H,19,21). The lowest BCUT2D eigenvalue weighted by atomic mass is 9.97. The average Bonchev–Trinajstić information content (AvgIpc) is 2.50. The van der Waals surface area contributed by atoms with Crippen LogP contribution in [0.25, 0.3) is 0 Å². The van der Waals surface area contributed by atoms with E-state index >= 15 is 0 Å². The number of ether oxygens (including phenoxy) is 1. The lowest BCUT2D eigenvalue weighted by molar-refractivity contribution is -0.120. The molecule has 0 radical (unpaired) electrons. The van der Waals surface area contributed by atoms with E-state index in [0.717, 1.165) is 49.5 Å². The molecule has 1 aliphatic rings. The van der Waals surface area contributed by atoms with Crippen LogP contribution >= 0.6 is 0 Å². The molecular formula is C17H27N3O2. The summed E-state index contributed by atoms with van der Waals surface area (Å²) in [6.45, 7) is 5.30. The van der Waals surface area contributed by atoms with Crippen LogP contribution < -0.4 is 15.4 Å². The number of hydrogen-bond acceptors (Lipinski definition) is 4. The highest BCUT2D eigenvalue weighted by molar-refractivity contribution is 5.94. The number of carbonyl (C=O) groups excluding carboxylic acids is 1. The van der Waals surface area contributed by atoms with E-state index in [0.29, 0.717) is 6.61 Å². The van der Waals surface area contributed by atoms with Crippen molar-refractivity contribution in [1.29, 1.82) is 0 Å². The summed E-state index contributed by atoms with van der Waals surface area (Å²) in [7, 11) is 4.03. The first-order valence-corrected chi connectivity index (χ1v) is 7.96. The van der Waals surface area contributed by atoms with Crippen molar-refractivity contribution in [1.82, 2.24) is 10.2 Å². The monoisotopic (exact) mass is 305 g/mol. The molecule has 0 saturated carbocycles. The Labute approximate surface area is 133 Å². The van der Waals surface area contributed by atoms with Gasteiger partial charge in [-0.3, -0.25) is 4.79 Å². The minimum Gasteiger partial charge on any atom is -0.490 e. The summed E-state index contributed by atoms with van der Waals surface area (Å²) in [5, 5.41) is 6.32. The first kappa shape index (κ1) is 16.8. The Morgan fingerprint density at radius 3 is 2.77 bits per heavy atom. The van der Waals surface area contributed by atoms with Crippen LogP contribution in [0.2, 0.25) is 0 Å². The number of nitrogens with one attached hydrogen (secondary N) is 2. The Morgan fingerprint density at radius 2 is 2.09 bits per heavy atom. The van der Waals surface area contributed by atoms with Crippen molar-refractivity contribution in [3.05, 3.63) is 23.8 Å². The summed E-state index contributed by atoms with van der Waals surface area (Å²) < 4.78 is 5.85. The number of nitrogens with zero attached hydrogens (tertiary/aromatic N) is 1. The fraction of sp³-hybridized carbons (Fsp3) is 0.588. The molecule has 22 heavy (non-hydrogen) atoms. The van der Waals surface area contributed by atoms with Gasteiger partial charge < -0.3 is 20.3 Å². The highest BCUT2D eigenvalue weighted by Crippen LogP contribution is 2.27. The molecule has 1 aliphatic heterocycles. The van der Waals surface area contributed by atoms with Gasteiger partial charge in [-0.15, -0.1) is 0 Å². The van der Waals surface area contributed by atoms with Gasteiger partial charge in [0.25, 0.3) is 0 Å². The van der Waals surface area contributed by atoms with Crippen molar-refractivity contribution in [2.24, 2.45) is 5.92 Å². The number of piperidine rings is 1. The van der Waals surface area contributed by atoms with Crippen LogP contribution in [-0.4, -0.2) is 51.1 Å². The van der Waals surface area contributed by atoms with E-state index in [1.54, 1.807) is 0 Å².